The second kappa shape index (κ2) is 5.62. The van der Waals surface area contributed by atoms with E-state index in [9.17, 15) is 17.6 Å². The SMILES string of the molecule is COc1cccc(/C=C2\CS(=O)(=O)c3ccc(F)cc3C2=O)c1. The van der Waals surface area contributed by atoms with Gasteiger partial charge in [0.25, 0.3) is 0 Å². The van der Waals surface area contributed by atoms with Gasteiger partial charge in [-0.3, -0.25) is 4.79 Å². The summed E-state index contributed by atoms with van der Waals surface area (Å²) in [5.74, 6) is -0.925. The third-order valence-electron chi connectivity index (χ3n) is 3.59. The zero-order chi connectivity index (χ0) is 16.6. The maximum Gasteiger partial charge on any atom is 0.191 e. The summed E-state index contributed by atoms with van der Waals surface area (Å²) in [5, 5.41) is 0. The maximum absolute atomic E-state index is 13.4. The Hall–Kier alpha value is -2.47. The number of fused-ring (bicyclic) bond motifs is 1. The molecule has 0 atom stereocenters. The summed E-state index contributed by atoms with van der Waals surface area (Å²) in [7, 11) is -2.15. The van der Waals surface area contributed by atoms with Crippen molar-refractivity contribution in [1.29, 1.82) is 0 Å². The number of sulfone groups is 1. The minimum atomic E-state index is -3.66. The molecule has 3 rings (SSSR count). The number of ketones is 1. The minimum Gasteiger partial charge on any atom is -0.497 e. The lowest BCUT2D eigenvalue weighted by atomic mass is 10.0. The summed E-state index contributed by atoms with van der Waals surface area (Å²) < 4.78 is 43.1. The van der Waals surface area contributed by atoms with E-state index in [2.05, 4.69) is 0 Å². The van der Waals surface area contributed by atoms with Crippen LogP contribution in [0.1, 0.15) is 15.9 Å². The summed E-state index contributed by atoms with van der Waals surface area (Å²) in [5.41, 5.74) is 0.629. The molecular weight excluding hydrogens is 319 g/mol. The number of methoxy groups -OCH3 is 1. The van der Waals surface area contributed by atoms with Crippen LogP contribution in [0.2, 0.25) is 0 Å². The van der Waals surface area contributed by atoms with Gasteiger partial charge in [-0.05, 0) is 42.0 Å². The topological polar surface area (TPSA) is 60.4 Å². The first-order valence-corrected chi connectivity index (χ1v) is 8.47. The normalized spacial score (nSPS) is 17.8. The highest BCUT2D eigenvalue weighted by Gasteiger charge is 2.32. The average Bonchev–Trinajstić information content (AvgIpc) is 2.52. The lowest BCUT2D eigenvalue weighted by Gasteiger charge is -2.18. The van der Waals surface area contributed by atoms with Gasteiger partial charge in [-0.1, -0.05) is 12.1 Å². The third-order valence-corrected chi connectivity index (χ3v) is 5.31. The fraction of sp³-hybridized carbons (Fsp3) is 0.118. The zero-order valence-corrected chi connectivity index (χ0v) is 13.1. The van der Waals surface area contributed by atoms with Gasteiger partial charge in [0.05, 0.1) is 17.8 Å². The highest BCUT2D eigenvalue weighted by molar-refractivity contribution is 7.91. The van der Waals surface area contributed by atoms with Gasteiger partial charge >= 0.3 is 0 Å². The van der Waals surface area contributed by atoms with Crippen LogP contribution in [0, 0.1) is 5.82 Å². The van der Waals surface area contributed by atoms with Gasteiger partial charge in [-0.2, -0.15) is 0 Å². The zero-order valence-electron chi connectivity index (χ0n) is 12.2. The van der Waals surface area contributed by atoms with Crippen molar-refractivity contribution in [1.82, 2.24) is 0 Å². The number of benzene rings is 2. The number of hydrogen-bond acceptors (Lipinski definition) is 4. The Kier molecular flexibility index (Phi) is 3.77. The number of carbonyl (C=O) groups excluding carboxylic acids is 1. The Bertz CT molecular complexity index is 929. The van der Waals surface area contributed by atoms with Gasteiger partial charge in [-0.15, -0.1) is 0 Å². The smallest absolute Gasteiger partial charge is 0.191 e. The van der Waals surface area contributed by atoms with Gasteiger partial charge in [-0.25, -0.2) is 12.8 Å². The van der Waals surface area contributed by atoms with Crippen LogP contribution in [-0.4, -0.2) is 27.1 Å². The van der Waals surface area contributed by atoms with Crippen molar-refractivity contribution < 1.29 is 22.3 Å². The molecule has 6 heteroatoms. The van der Waals surface area contributed by atoms with Crippen molar-refractivity contribution in [2.45, 2.75) is 4.90 Å². The first-order valence-electron chi connectivity index (χ1n) is 6.82. The minimum absolute atomic E-state index is 0.108. The van der Waals surface area contributed by atoms with Crippen molar-refractivity contribution in [3.05, 3.63) is 65.0 Å². The van der Waals surface area contributed by atoms with E-state index in [0.717, 1.165) is 18.2 Å². The van der Waals surface area contributed by atoms with Gasteiger partial charge in [0.15, 0.2) is 15.6 Å². The standard InChI is InChI=1S/C17H13FO4S/c1-22-14-4-2-3-11(8-14)7-12-10-23(20,21)16-6-5-13(18)9-15(16)17(12)19/h2-9H,10H2,1H3/b12-7+. The number of Topliss-reactive ketones (excluding diaryl/α,β-unsaturated/α-hetero) is 1. The summed E-state index contributed by atoms with van der Waals surface area (Å²) in [4.78, 5) is 12.4. The quantitative estimate of drug-likeness (QED) is 0.627. The molecule has 0 saturated heterocycles. The van der Waals surface area contributed by atoms with Gasteiger partial charge in [0, 0.05) is 11.1 Å². The van der Waals surface area contributed by atoms with E-state index in [-0.39, 0.29) is 16.0 Å². The molecule has 1 aliphatic rings. The third kappa shape index (κ3) is 2.90. The highest BCUT2D eigenvalue weighted by atomic mass is 32.2. The maximum atomic E-state index is 13.4. The Morgan fingerprint density at radius 3 is 2.70 bits per heavy atom. The van der Waals surface area contributed by atoms with Crippen LogP contribution < -0.4 is 4.74 Å². The van der Waals surface area contributed by atoms with E-state index in [4.69, 9.17) is 4.74 Å². The van der Waals surface area contributed by atoms with E-state index < -0.39 is 27.2 Å². The molecule has 0 amide bonds. The summed E-state index contributed by atoms with van der Waals surface area (Å²) in [6.07, 6.45) is 1.50. The molecule has 0 aliphatic carbocycles. The largest absolute Gasteiger partial charge is 0.497 e. The van der Waals surface area contributed by atoms with Gasteiger partial charge < -0.3 is 4.74 Å². The Morgan fingerprint density at radius 2 is 1.96 bits per heavy atom. The van der Waals surface area contributed by atoms with Crippen molar-refractivity contribution in [3.8, 4) is 5.75 Å². The van der Waals surface area contributed by atoms with E-state index >= 15 is 0 Å². The lowest BCUT2D eigenvalue weighted by molar-refractivity contribution is 0.103. The Morgan fingerprint density at radius 1 is 1.17 bits per heavy atom. The molecule has 118 valence electrons. The van der Waals surface area contributed by atoms with Crippen LogP contribution in [0.3, 0.4) is 0 Å². The second-order valence-corrected chi connectivity index (χ2v) is 7.13. The fourth-order valence-electron chi connectivity index (χ4n) is 2.51. The van der Waals surface area contributed by atoms with Crippen molar-refractivity contribution in [3.63, 3.8) is 0 Å². The predicted molar refractivity (Wildman–Crippen MR) is 83.8 cm³/mol. The second-order valence-electron chi connectivity index (χ2n) is 5.17. The van der Waals surface area contributed by atoms with Gasteiger partial charge in [0.1, 0.15) is 11.6 Å². The van der Waals surface area contributed by atoms with E-state index in [1.165, 1.54) is 13.2 Å². The molecule has 23 heavy (non-hydrogen) atoms. The number of carbonyl (C=O) groups is 1. The van der Waals surface area contributed by atoms with E-state index in [1.54, 1.807) is 24.3 Å². The summed E-state index contributed by atoms with van der Waals surface area (Å²) in [6.45, 7) is 0. The van der Waals surface area contributed by atoms with E-state index in [1.807, 2.05) is 0 Å². The van der Waals surface area contributed by atoms with Crippen molar-refractivity contribution in [2.24, 2.45) is 0 Å². The highest BCUT2D eigenvalue weighted by Crippen LogP contribution is 2.30. The van der Waals surface area contributed by atoms with Crippen molar-refractivity contribution in [2.75, 3.05) is 12.9 Å². The lowest BCUT2D eigenvalue weighted by Crippen LogP contribution is -2.24. The van der Waals surface area contributed by atoms with Crippen LogP contribution in [0.5, 0.6) is 5.75 Å². The Balaban J connectivity index is 2.12. The first kappa shape index (κ1) is 15.4. The van der Waals surface area contributed by atoms with Crippen LogP contribution in [0.15, 0.2) is 52.9 Å². The van der Waals surface area contributed by atoms with E-state index in [0.29, 0.717) is 11.3 Å². The number of halogens is 1. The number of hydrogen-bond donors (Lipinski definition) is 0. The molecule has 2 aromatic carbocycles. The van der Waals surface area contributed by atoms with Crippen LogP contribution in [0.25, 0.3) is 6.08 Å². The van der Waals surface area contributed by atoms with Crippen LogP contribution >= 0.6 is 0 Å². The molecule has 0 N–H and O–H groups in total. The first-order chi connectivity index (χ1) is 10.9. The molecule has 0 fully saturated rings. The van der Waals surface area contributed by atoms with Crippen LogP contribution in [-0.2, 0) is 9.84 Å². The van der Waals surface area contributed by atoms with Crippen molar-refractivity contribution >= 4 is 21.7 Å². The molecule has 0 aromatic heterocycles. The molecule has 0 unspecified atom stereocenters. The molecular formula is C17H13FO4S. The molecule has 0 bridgehead atoms. The monoisotopic (exact) mass is 332 g/mol. The van der Waals surface area contributed by atoms with Crippen LogP contribution in [0.4, 0.5) is 4.39 Å². The number of rotatable bonds is 2. The molecule has 0 saturated carbocycles. The molecule has 0 spiro atoms. The molecule has 1 heterocycles. The summed E-state index contributed by atoms with van der Waals surface area (Å²) >= 11 is 0. The molecule has 2 aromatic rings. The Labute approximate surface area is 133 Å². The molecule has 0 radical (unpaired) electrons. The fourth-order valence-corrected chi connectivity index (χ4v) is 4.05. The summed E-state index contributed by atoms with van der Waals surface area (Å²) in [6, 6.07) is 10.0. The molecule has 4 nitrogen and oxygen atoms in total. The van der Waals surface area contributed by atoms with Gasteiger partial charge in [0.2, 0.25) is 0 Å². The predicted octanol–water partition coefficient (Wildman–Crippen LogP) is 2.89. The average molecular weight is 332 g/mol. The number of ether oxygens (including phenoxy) is 1. The molecule has 1 aliphatic heterocycles.